The minimum absolute atomic E-state index is 0.00662. The number of ketones is 1. The summed E-state index contributed by atoms with van der Waals surface area (Å²) in [7, 11) is 1.96. The molecule has 3 nitrogen and oxygen atoms in total. The van der Waals surface area contributed by atoms with Gasteiger partial charge in [-0.3, -0.25) is 4.79 Å². The fourth-order valence-corrected chi connectivity index (χ4v) is 2.36. The number of carbonyl (C=O) groups is 1. The summed E-state index contributed by atoms with van der Waals surface area (Å²) in [6.45, 7) is 2.01. The van der Waals surface area contributed by atoms with Gasteiger partial charge in [0.2, 0.25) is 0 Å². The Morgan fingerprint density at radius 2 is 2.39 bits per heavy atom. The van der Waals surface area contributed by atoms with Crippen molar-refractivity contribution in [3.63, 3.8) is 0 Å². The quantitative estimate of drug-likeness (QED) is 0.855. The Morgan fingerprint density at radius 1 is 1.61 bits per heavy atom. The number of morpholine rings is 1. The van der Waals surface area contributed by atoms with Crippen LogP contribution in [0.2, 0.25) is 0 Å². The van der Waals surface area contributed by atoms with Gasteiger partial charge in [0, 0.05) is 19.5 Å². The molecular formula is C13H15BrFNO2. The van der Waals surface area contributed by atoms with Crippen LogP contribution in [0.5, 0.6) is 0 Å². The van der Waals surface area contributed by atoms with Crippen molar-refractivity contribution < 1.29 is 13.9 Å². The molecule has 1 aromatic carbocycles. The Hall–Kier alpha value is -0.780. The van der Waals surface area contributed by atoms with Gasteiger partial charge in [-0.2, -0.15) is 0 Å². The molecule has 98 valence electrons. The largest absolute Gasteiger partial charge is 0.368 e. The number of nitrogens with zero attached hydrogens (tertiary/aromatic N) is 1. The second kappa shape index (κ2) is 5.91. The van der Waals surface area contributed by atoms with E-state index in [4.69, 9.17) is 4.74 Å². The minimum Gasteiger partial charge on any atom is -0.368 e. The average Bonchev–Trinajstić information content (AvgIpc) is 2.35. The number of hydrogen-bond donors (Lipinski definition) is 0. The maximum absolute atomic E-state index is 13.3. The van der Waals surface area contributed by atoms with E-state index in [-0.39, 0.29) is 18.0 Å². The summed E-state index contributed by atoms with van der Waals surface area (Å²) in [5.41, 5.74) is 0.664. The molecule has 0 radical (unpaired) electrons. The minimum atomic E-state index is -0.404. The Bertz CT molecular complexity index is 453. The van der Waals surface area contributed by atoms with E-state index in [1.54, 1.807) is 12.1 Å². The standard InChI is InChI=1S/C13H15BrFNO2/c1-16-5-6-18-12(8-16)11(17)7-9-3-2-4-10(15)13(9)14/h2-4,12H,5-8H2,1H3. The Morgan fingerprint density at radius 3 is 3.11 bits per heavy atom. The van der Waals surface area contributed by atoms with Crippen LogP contribution in [-0.2, 0) is 16.0 Å². The lowest BCUT2D eigenvalue weighted by Gasteiger charge is -2.29. The van der Waals surface area contributed by atoms with E-state index < -0.39 is 6.10 Å². The van der Waals surface area contributed by atoms with E-state index in [1.165, 1.54) is 6.07 Å². The van der Waals surface area contributed by atoms with Crippen LogP contribution < -0.4 is 0 Å². The van der Waals surface area contributed by atoms with Crippen LogP contribution in [0.25, 0.3) is 0 Å². The van der Waals surface area contributed by atoms with Crippen LogP contribution in [0, 0.1) is 5.82 Å². The normalized spacial score (nSPS) is 20.9. The van der Waals surface area contributed by atoms with E-state index >= 15 is 0 Å². The highest BCUT2D eigenvalue weighted by Crippen LogP contribution is 2.21. The Balaban J connectivity index is 2.04. The third kappa shape index (κ3) is 3.16. The van der Waals surface area contributed by atoms with Gasteiger partial charge >= 0.3 is 0 Å². The first-order chi connectivity index (χ1) is 8.58. The highest BCUT2D eigenvalue weighted by Gasteiger charge is 2.25. The average molecular weight is 316 g/mol. The molecule has 0 N–H and O–H groups in total. The lowest BCUT2D eigenvalue weighted by molar-refractivity contribution is -0.134. The molecule has 1 atom stereocenters. The van der Waals surface area contributed by atoms with Crippen molar-refractivity contribution in [2.24, 2.45) is 0 Å². The molecular weight excluding hydrogens is 301 g/mol. The Kier molecular flexibility index (Phi) is 4.48. The molecule has 1 aliphatic rings. The van der Waals surface area contributed by atoms with Gasteiger partial charge < -0.3 is 9.64 Å². The van der Waals surface area contributed by atoms with E-state index in [2.05, 4.69) is 20.8 Å². The van der Waals surface area contributed by atoms with Gasteiger partial charge in [0.05, 0.1) is 11.1 Å². The van der Waals surface area contributed by atoms with Gasteiger partial charge in [-0.05, 0) is 34.6 Å². The molecule has 1 unspecified atom stereocenters. The third-order valence-electron chi connectivity index (χ3n) is 3.02. The van der Waals surface area contributed by atoms with Crippen LogP contribution in [0.3, 0.4) is 0 Å². The lowest BCUT2D eigenvalue weighted by atomic mass is 10.0. The second-order valence-corrected chi connectivity index (χ2v) is 5.27. The second-order valence-electron chi connectivity index (χ2n) is 4.48. The zero-order valence-corrected chi connectivity index (χ0v) is 11.7. The smallest absolute Gasteiger partial charge is 0.167 e. The van der Waals surface area contributed by atoms with E-state index in [0.29, 0.717) is 23.2 Å². The molecule has 1 aliphatic heterocycles. The van der Waals surface area contributed by atoms with E-state index in [1.807, 2.05) is 7.05 Å². The molecule has 5 heteroatoms. The predicted octanol–water partition coefficient (Wildman–Crippen LogP) is 2.03. The fourth-order valence-electron chi connectivity index (χ4n) is 1.96. The first-order valence-corrected chi connectivity index (χ1v) is 6.63. The van der Waals surface area contributed by atoms with Gasteiger partial charge in [0.1, 0.15) is 11.9 Å². The number of ether oxygens (including phenoxy) is 1. The van der Waals surface area contributed by atoms with Crippen LogP contribution in [0.1, 0.15) is 5.56 Å². The number of hydrogen-bond acceptors (Lipinski definition) is 3. The van der Waals surface area contributed by atoms with Crippen molar-refractivity contribution in [2.45, 2.75) is 12.5 Å². The molecule has 1 fully saturated rings. The van der Waals surface area contributed by atoms with Crippen molar-refractivity contribution >= 4 is 21.7 Å². The number of likely N-dealkylation sites (N-methyl/N-ethyl adjacent to an activating group) is 1. The SMILES string of the molecule is CN1CCOC(C(=O)Cc2cccc(F)c2Br)C1. The van der Waals surface area contributed by atoms with Gasteiger partial charge in [0.25, 0.3) is 0 Å². The summed E-state index contributed by atoms with van der Waals surface area (Å²) in [6.07, 6.45) is -0.212. The van der Waals surface area contributed by atoms with Crippen molar-refractivity contribution in [3.8, 4) is 0 Å². The molecule has 0 aliphatic carbocycles. The van der Waals surface area contributed by atoms with Crippen molar-refractivity contribution in [1.29, 1.82) is 0 Å². The molecule has 2 rings (SSSR count). The molecule has 0 bridgehead atoms. The van der Waals surface area contributed by atoms with E-state index in [9.17, 15) is 9.18 Å². The monoisotopic (exact) mass is 315 g/mol. The summed E-state index contributed by atoms with van der Waals surface area (Å²) in [6, 6.07) is 4.72. The van der Waals surface area contributed by atoms with Crippen LogP contribution >= 0.6 is 15.9 Å². The maximum atomic E-state index is 13.3. The highest BCUT2D eigenvalue weighted by atomic mass is 79.9. The van der Waals surface area contributed by atoms with Gasteiger partial charge in [0.15, 0.2) is 5.78 Å². The molecule has 1 heterocycles. The topological polar surface area (TPSA) is 29.5 Å². The summed E-state index contributed by atoms with van der Waals surface area (Å²) in [5, 5.41) is 0. The number of rotatable bonds is 3. The molecule has 1 aromatic rings. The predicted molar refractivity (Wildman–Crippen MR) is 70.0 cm³/mol. The number of Topliss-reactive ketones (excluding diaryl/α,β-unsaturated/α-hetero) is 1. The molecule has 0 saturated carbocycles. The van der Waals surface area contributed by atoms with Gasteiger partial charge in [-0.15, -0.1) is 0 Å². The van der Waals surface area contributed by atoms with E-state index in [0.717, 1.165) is 6.54 Å². The van der Waals surface area contributed by atoms with Gasteiger partial charge in [-0.1, -0.05) is 12.1 Å². The number of halogens is 2. The van der Waals surface area contributed by atoms with Crippen LogP contribution in [0.4, 0.5) is 4.39 Å². The summed E-state index contributed by atoms with van der Waals surface area (Å²) < 4.78 is 19.2. The number of benzene rings is 1. The Labute approximate surface area is 114 Å². The molecule has 0 amide bonds. The van der Waals surface area contributed by atoms with Crippen LogP contribution in [-0.4, -0.2) is 43.5 Å². The van der Waals surface area contributed by atoms with Crippen molar-refractivity contribution in [3.05, 3.63) is 34.1 Å². The fraction of sp³-hybridized carbons (Fsp3) is 0.462. The molecule has 0 aromatic heterocycles. The summed E-state index contributed by atoms with van der Waals surface area (Å²) in [4.78, 5) is 14.1. The van der Waals surface area contributed by atoms with Crippen molar-refractivity contribution in [1.82, 2.24) is 4.90 Å². The molecule has 18 heavy (non-hydrogen) atoms. The first-order valence-electron chi connectivity index (χ1n) is 5.83. The lowest BCUT2D eigenvalue weighted by Crippen LogP contribution is -2.44. The van der Waals surface area contributed by atoms with Crippen LogP contribution in [0.15, 0.2) is 22.7 Å². The third-order valence-corrected chi connectivity index (χ3v) is 3.91. The number of carbonyl (C=O) groups excluding carboxylic acids is 1. The van der Waals surface area contributed by atoms with Gasteiger partial charge in [-0.25, -0.2) is 4.39 Å². The summed E-state index contributed by atoms with van der Waals surface area (Å²) >= 11 is 3.17. The maximum Gasteiger partial charge on any atom is 0.167 e. The zero-order chi connectivity index (χ0) is 13.1. The zero-order valence-electron chi connectivity index (χ0n) is 10.2. The molecule has 1 saturated heterocycles. The molecule has 0 spiro atoms. The van der Waals surface area contributed by atoms with Crippen molar-refractivity contribution in [2.75, 3.05) is 26.7 Å². The first kappa shape index (κ1) is 13.6. The highest BCUT2D eigenvalue weighted by molar-refractivity contribution is 9.10. The summed E-state index contributed by atoms with van der Waals surface area (Å²) in [5.74, 6) is -0.352.